The normalized spacial score (nSPS) is 17.3. The van der Waals surface area contributed by atoms with Crippen molar-refractivity contribution in [2.24, 2.45) is 5.92 Å². The maximum atomic E-state index is 13.3. The van der Waals surface area contributed by atoms with Gasteiger partial charge >= 0.3 is 12.4 Å². The van der Waals surface area contributed by atoms with Crippen LogP contribution in [-0.2, 0) is 6.18 Å². The molecule has 3 unspecified atom stereocenters. The number of ether oxygens (including phenoxy) is 1. The van der Waals surface area contributed by atoms with Crippen molar-refractivity contribution in [2.75, 3.05) is 46.3 Å². The lowest BCUT2D eigenvalue weighted by Gasteiger charge is -2.41. The summed E-state index contributed by atoms with van der Waals surface area (Å²) < 4.78 is 83.4. The van der Waals surface area contributed by atoms with E-state index in [1.54, 1.807) is 6.08 Å². The molecule has 0 amide bonds. The first-order valence-corrected chi connectivity index (χ1v) is 15.1. The van der Waals surface area contributed by atoms with E-state index in [-0.39, 0.29) is 17.7 Å². The molecule has 2 rings (SSSR count). The van der Waals surface area contributed by atoms with Crippen molar-refractivity contribution in [1.82, 2.24) is 14.7 Å². The Bertz CT molecular complexity index is 1120. The van der Waals surface area contributed by atoms with Gasteiger partial charge in [-0.3, -0.25) is 15.0 Å². The van der Waals surface area contributed by atoms with Gasteiger partial charge in [0, 0.05) is 64.4 Å². The van der Waals surface area contributed by atoms with Crippen molar-refractivity contribution in [3.8, 4) is 5.75 Å². The molecule has 1 fully saturated rings. The number of halogens is 6. The number of nitro groups is 1. The summed E-state index contributed by atoms with van der Waals surface area (Å²) in [7, 11) is 1.86. The van der Waals surface area contributed by atoms with Gasteiger partial charge in [-0.15, -0.1) is 6.58 Å². The van der Waals surface area contributed by atoms with E-state index in [1.807, 2.05) is 25.8 Å². The molecule has 0 bridgehead atoms. The van der Waals surface area contributed by atoms with Crippen LogP contribution in [0.4, 0.5) is 32.0 Å². The zero-order valence-corrected chi connectivity index (χ0v) is 26.2. The van der Waals surface area contributed by atoms with E-state index >= 15 is 0 Å². The second-order valence-electron chi connectivity index (χ2n) is 11.0. The molecule has 1 aliphatic heterocycles. The first-order chi connectivity index (χ1) is 20.6. The van der Waals surface area contributed by atoms with Gasteiger partial charge in [0.05, 0.1) is 9.91 Å². The van der Waals surface area contributed by atoms with Crippen molar-refractivity contribution >= 4 is 22.9 Å². The van der Waals surface area contributed by atoms with E-state index in [9.17, 15) is 36.5 Å². The highest BCUT2D eigenvalue weighted by Gasteiger charge is 2.39. The number of alkyl halides is 6. The van der Waals surface area contributed by atoms with Crippen molar-refractivity contribution in [3.05, 3.63) is 58.7 Å². The fraction of sp³-hybridized carbons (Fsp3) is 0.633. The average molecular weight is 653 g/mol. The lowest BCUT2D eigenvalue weighted by Crippen LogP contribution is -2.51. The molecule has 0 spiro atoms. The van der Waals surface area contributed by atoms with E-state index < -0.39 is 34.6 Å². The Morgan fingerprint density at radius 3 is 2.41 bits per heavy atom. The Hall–Kier alpha value is -2.71. The third kappa shape index (κ3) is 12.4. The van der Waals surface area contributed by atoms with Crippen LogP contribution in [0.15, 0.2) is 43.0 Å². The number of nitro benzene ring substituents is 1. The van der Waals surface area contributed by atoms with Gasteiger partial charge in [-0.25, -0.2) is 0 Å². The van der Waals surface area contributed by atoms with Crippen LogP contribution in [0.2, 0.25) is 0 Å². The Balaban J connectivity index is 1.79. The Kier molecular flexibility index (Phi) is 14.6. The molecule has 0 aliphatic carbocycles. The molecule has 3 atom stereocenters. The molecule has 14 heteroatoms. The second-order valence-corrected chi connectivity index (χ2v) is 11.5. The van der Waals surface area contributed by atoms with Gasteiger partial charge in [0.1, 0.15) is 17.4 Å². The van der Waals surface area contributed by atoms with E-state index in [0.717, 1.165) is 50.2 Å². The minimum absolute atomic E-state index is 0.0440. The highest BCUT2D eigenvalue weighted by atomic mass is 32.1. The van der Waals surface area contributed by atoms with Crippen LogP contribution in [0.3, 0.4) is 0 Å². The molecule has 44 heavy (non-hydrogen) atoms. The van der Waals surface area contributed by atoms with Gasteiger partial charge in [-0.05, 0) is 50.3 Å². The number of allylic oxidation sites excluding steroid dienone is 1. The highest BCUT2D eigenvalue weighted by Crippen LogP contribution is 2.38. The minimum atomic E-state index is -4.88. The number of thiocarbonyl (C=S) groups is 1. The lowest BCUT2D eigenvalue weighted by atomic mass is 9.96. The third-order valence-electron chi connectivity index (χ3n) is 7.84. The Morgan fingerprint density at radius 2 is 1.86 bits per heavy atom. The SMILES string of the molecule is C=CC(C)C(CC=CC(F)(F)F)N1CCN(CCCC(=S)N(C)CCC(CC)Oc2ccc([N+](=O)[O-])c(C(F)(F)F)c2)CC1. The summed E-state index contributed by atoms with van der Waals surface area (Å²) in [6.07, 6.45) is -3.49. The summed E-state index contributed by atoms with van der Waals surface area (Å²) >= 11 is 5.59. The standard InChI is InChI=1S/C30H42F6N4O3S/c1-5-22(3)26(9-7-14-29(31,32)33)39-19-17-38(18-20-39)15-8-10-28(44)37(4)16-13-23(6-2)43-24-11-12-27(40(41)42)25(21-24)30(34,35)36/h5,7,11-12,14,21-23,26H,1,6,8-10,13,15-20H2,2-4H3. The Morgan fingerprint density at radius 1 is 1.20 bits per heavy atom. The predicted octanol–water partition coefficient (Wildman–Crippen LogP) is 7.52. The van der Waals surface area contributed by atoms with E-state index in [2.05, 4.69) is 16.4 Å². The lowest BCUT2D eigenvalue weighted by molar-refractivity contribution is -0.388. The topological polar surface area (TPSA) is 62.1 Å². The van der Waals surface area contributed by atoms with Gasteiger partial charge < -0.3 is 14.5 Å². The zero-order chi connectivity index (χ0) is 33.1. The number of hydrogen-bond acceptors (Lipinski definition) is 6. The summed E-state index contributed by atoms with van der Waals surface area (Å²) in [6, 6.07) is 2.61. The molecule has 0 radical (unpaired) electrons. The molecule has 0 saturated carbocycles. The molecule has 1 aromatic carbocycles. The molecule has 1 aromatic rings. The maximum Gasteiger partial charge on any atom is 0.423 e. The van der Waals surface area contributed by atoms with Crippen LogP contribution in [0.5, 0.6) is 5.75 Å². The molecular formula is C30H42F6N4O3S. The average Bonchev–Trinajstić information content (AvgIpc) is 2.96. The Labute approximate surface area is 260 Å². The highest BCUT2D eigenvalue weighted by molar-refractivity contribution is 7.80. The third-order valence-corrected chi connectivity index (χ3v) is 8.36. The number of nitrogens with zero attached hydrogens (tertiary/aromatic N) is 4. The van der Waals surface area contributed by atoms with Crippen LogP contribution in [0, 0.1) is 16.0 Å². The first kappa shape index (κ1) is 37.5. The van der Waals surface area contributed by atoms with Gasteiger partial charge in [0.15, 0.2) is 0 Å². The molecule has 1 heterocycles. The van der Waals surface area contributed by atoms with Gasteiger partial charge in [-0.2, -0.15) is 26.3 Å². The summed E-state index contributed by atoms with van der Waals surface area (Å²) in [5.41, 5.74) is -2.37. The zero-order valence-electron chi connectivity index (χ0n) is 25.4. The van der Waals surface area contributed by atoms with Crippen LogP contribution >= 0.6 is 12.2 Å². The fourth-order valence-electron chi connectivity index (χ4n) is 5.13. The number of piperazine rings is 1. The number of benzene rings is 1. The largest absolute Gasteiger partial charge is 0.490 e. The van der Waals surface area contributed by atoms with Gasteiger partial charge in [-0.1, -0.05) is 38.2 Å². The molecule has 0 aromatic heterocycles. The first-order valence-electron chi connectivity index (χ1n) is 14.6. The number of rotatable bonds is 16. The summed E-state index contributed by atoms with van der Waals surface area (Å²) in [5, 5.41) is 11.0. The summed E-state index contributed by atoms with van der Waals surface area (Å²) in [5.74, 6) is -0.0281. The molecule has 248 valence electrons. The van der Waals surface area contributed by atoms with Gasteiger partial charge in [0.25, 0.3) is 5.69 Å². The minimum Gasteiger partial charge on any atom is -0.490 e. The molecule has 0 N–H and O–H groups in total. The van der Waals surface area contributed by atoms with E-state index in [0.29, 0.717) is 44.4 Å². The van der Waals surface area contributed by atoms with Crippen molar-refractivity contribution in [2.45, 2.75) is 70.4 Å². The van der Waals surface area contributed by atoms with Crippen molar-refractivity contribution in [1.29, 1.82) is 0 Å². The summed E-state index contributed by atoms with van der Waals surface area (Å²) in [6.45, 7) is 12.1. The van der Waals surface area contributed by atoms with E-state index in [4.69, 9.17) is 17.0 Å². The monoisotopic (exact) mass is 652 g/mol. The molecule has 1 saturated heterocycles. The quantitative estimate of drug-likeness (QED) is 0.0602. The molecule has 7 nitrogen and oxygen atoms in total. The van der Waals surface area contributed by atoms with Crippen LogP contribution in [0.25, 0.3) is 0 Å². The van der Waals surface area contributed by atoms with Crippen LogP contribution in [0.1, 0.15) is 51.5 Å². The fourth-order valence-corrected chi connectivity index (χ4v) is 5.37. The molecule has 1 aliphatic rings. The van der Waals surface area contributed by atoms with E-state index in [1.165, 1.54) is 12.1 Å². The summed E-state index contributed by atoms with van der Waals surface area (Å²) in [4.78, 5) is 17.2. The van der Waals surface area contributed by atoms with Crippen LogP contribution in [-0.4, -0.2) is 89.2 Å². The second kappa shape index (κ2) is 17.1. The number of hydrogen-bond donors (Lipinski definition) is 0. The molecular weight excluding hydrogens is 610 g/mol. The van der Waals surface area contributed by atoms with Gasteiger partial charge in [0.2, 0.25) is 0 Å². The predicted molar refractivity (Wildman–Crippen MR) is 163 cm³/mol. The smallest absolute Gasteiger partial charge is 0.423 e. The maximum absolute atomic E-state index is 13.3. The van der Waals surface area contributed by atoms with Crippen molar-refractivity contribution in [3.63, 3.8) is 0 Å². The van der Waals surface area contributed by atoms with Crippen molar-refractivity contribution < 1.29 is 36.0 Å². The van der Waals surface area contributed by atoms with Crippen LogP contribution < -0.4 is 4.74 Å².